The highest BCUT2D eigenvalue weighted by Gasteiger charge is 2.33. The van der Waals surface area contributed by atoms with Gasteiger partial charge in [-0.05, 0) is 61.2 Å². The summed E-state index contributed by atoms with van der Waals surface area (Å²) in [5.41, 5.74) is 0.928. The van der Waals surface area contributed by atoms with Crippen molar-refractivity contribution in [2.75, 3.05) is 40.0 Å². The first kappa shape index (κ1) is 23.7. The average Bonchev–Trinajstić information content (AvgIpc) is 2.84. The summed E-state index contributed by atoms with van der Waals surface area (Å²) in [6, 6.07) is 9.96. The van der Waals surface area contributed by atoms with E-state index in [-0.39, 0.29) is 17.3 Å². The molecule has 0 aliphatic carbocycles. The molecule has 2 heterocycles. The summed E-state index contributed by atoms with van der Waals surface area (Å²) < 4.78 is 43.7. The number of carbonyl (C=O) groups is 1. The van der Waals surface area contributed by atoms with Crippen LogP contribution in [-0.4, -0.2) is 58.6 Å². The molecular formula is C23H27ClN2O6S. The lowest BCUT2D eigenvalue weighted by molar-refractivity contribution is -0.126. The van der Waals surface area contributed by atoms with Crippen LogP contribution in [-0.2, 0) is 21.2 Å². The molecule has 2 aliphatic heterocycles. The molecule has 2 aliphatic rings. The predicted octanol–water partition coefficient (Wildman–Crippen LogP) is 2.88. The summed E-state index contributed by atoms with van der Waals surface area (Å²) in [5.74, 6) is 1.21. The Morgan fingerprint density at radius 1 is 1.21 bits per heavy atom. The molecule has 1 saturated heterocycles. The quantitative estimate of drug-likeness (QED) is 0.636. The first-order valence-electron chi connectivity index (χ1n) is 10.9. The molecule has 0 unspecified atom stereocenters. The van der Waals surface area contributed by atoms with Crippen LogP contribution in [0.2, 0.25) is 5.02 Å². The molecule has 0 spiro atoms. The third-order valence-corrected chi connectivity index (χ3v) is 7.98. The van der Waals surface area contributed by atoms with Gasteiger partial charge in [-0.2, -0.15) is 4.31 Å². The monoisotopic (exact) mass is 494 g/mol. The van der Waals surface area contributed by atoms with E-state index in [1.807, 2.05) is 12.1 Å². The van der Waals surface area contributed by atoms with Crippen molar-refractivity contribution in [2.45, 2.75) is 24.2 Å². The third-order valence-electron chi connectivity index (χ3n) is 5.82. The van der Waals surface area contributed by atoms with Crippen LogP contribution in [0.25, 0.3) is 0 Å². The Morgan fingerprint density at radius 3 is 2.73 bits per heavy atom. The Balaban J connectivity index is 1.33. The lowest BCUT2D eigenvalue weighted by Gasteiger charge is -2.31. The number of amides is 1. The van der Waals surface area contributed by atoms with Gasteiger partial charge >= 0.3 is 0 Å². The van der Waals surface area contributed by atoms with Crippen LogP contribution in [0.5, 0.6) is 17.2 Å². The zero-order chi connectivity index (χ0) is 23.4. The van der Waals surface area contributed by atoms with Gasteiger partial charge in [0, 0.05) is 19.6 Å². The second-order valence-corrected chi connectivity index (χ2v) is 10.4. The minimum Gasteiger partial charge on any atom is -0.497 e. The third kappa shape index (κ3) is 5.37. The molecule has 1 atom stereocenters. The number of sulfonamides is 1. The molecule has 2 aromatic rings. The highest BCUT2D eigenvalue weighted by Crippen LogP contribution is 2.38. The molecule has 0 radical (unpaired) electrons. The fourth-order valence-electron chi connectivity index (χ4n) is 4.05. The first-order valence-corrected chi connectivity index (χ1v) is 12.7. The first-order chi connectivity index (χ1) is 15.9. The molecule has 178 valence electrons. The number of nitrogens with one attached hydrogen (secondary N) is 1. The molecule has 4 rings (SSSR count). The summed E-state index contributed by atoms with van der Waals surface area (Å²) in [7, 11) is -2.15. The second-order valence-electron chi connectivity index (χ2n) is 8.02. The van der Waals surface area contributed by atoms with Crippen molar-refractivity contribution in [1.29, 1.82) is 0 Å². The van der Waals surface area contributed by atoms with Crippen LogP contribution in [0.15, 0.2) is 41.3 Å². The van der Waals surface area contributed by atoms with Crippen LogP contribution < -0.4 is 19.5 Å². The van der Waals surface area contributed by atoms with E-state index in [9.17, 15) is 13.2 Å². The van der Waals surface area contributed by atoms with Crippen LogP contribution in [0, 0.1) is 5.92 Å². The van der Waals surface area contributed by atoms with Crippen molar-refractivity contribution in [3.05, 3.63) is 47.0 Å². The molecule has 1 fully saturated rings. The van der Waals surface area contributed by atoms with Gasteiger partial charge in [-0.1, -0.05) is 11.6 Å². The molecule has 10 heteroatoms. The fourth-order valence-corrected chi connectivity index (χ4v) is 5.87. The van der Waals surface area contributed by atoms with Crippen molar-refractivity contribution in [3.63, 3.8) is 0 Å². The fraction of sp³-hybridized carbons (Fsp3) is 0.435. The van der Waals surface area contributed by atoms with E-state index >= 15 is 0 Å². The smallest absolute Gasteiger partial charge is 0.243 e. The number of benzene rings is 2. The average molecular weight is 495 g/mol. The van der Waals surface area contributed by atoms with E-state index in [1.54, 1.807) is 12.1 Å². The van der Waals surface area contributed by atoms with Crippen LogP contribution >= 0.6 is 11.6 Å². The van der Waals surface area contributed by atoms with E-state index in [0.29, 0.717) is 67.8 Å². The normalized spacial score (nSPS) is 18.5. The van der Waals surface area contributed by atoms with Crippen LogP contribution in [0.3, 0.4) is 0 Å². The molecule has 33 heavy (non-hydrogen) atoms. The number of rotatable bonds is 7. The summed E-state index contributed by atoms with van der Waals surface area (Å²) in [5, 5.41) is 3.42. The van der Waals surface area contributed by atoms with Gasteiger partial charge in [0.1, 0.15) is 19.0 Å². The number of methoxy groups -OCH3 is 1. The Kier molecular flexibility index (Phi) is 7.31. The standard InChI is InChI=1S/C23H27ClN2O6S/c1-30-18-4-6-19(7-5-18)33(28,29)26-10-2-3-17(15-26)23(27)25-9-8-16-13-20(24)22-21(14-16)31-11-12-32-22/h4-7,13-14,17H,2-3,8-12,15H2,1H3,(H,25,27)/t17-/m1/s1. The summed E-state index contributed by atoms with van der Waals surface area (Å²) in [4.78, 5) is 13.0. The van der Waals surface area contributed by atoms with Gasteiger partial charge in [0.2, 0.25) is 15.9 Å². The van der Waals surface area contributed by atoms with E-state index < -0.39 is 15.9 Å². The summed E-state index contributed by atoms with van der Waals surface area (Å²) in [6.07, 6.45) is 1.85. The molecular weight excluding hydrogens is 468 g/mol. The minimum atomic E-state index is -3.67. The van der Waals surface area contributed by atoms with Gasteiger partial charge < -0.3 is 19.5 Å². The number of ether oxygens (including phenoxy) is 3. The molecule has 0 saturated carbocycles. The van der Waals surface area contributed by atoms with E-state index in [4.69, 9.17) is 25.8 Å². The van der Waals surface area contributed by atoms with Gasteiger partial charge in [-0.25, -0.2) is 8.42 Å². The van der Waals surface area contributed by atoms with Crippen LogP contribution in [0.1, 0.15) is 18.4 Å². The summed E-state index contributed by atoms with van der Waals surface area (Å²) in [6.45, 7) is 1.91. The molecule has 1 amide bonds. The Bertz CT molecular complexity index is 1110. The van der Waals surface area contributed by atoms with Crippen molar-refractivity contribution < 1.29 is 27.4 Å². The summed E-state index contributed by atoms with van der Waals surface area (Å²) >= 11 is 6.28. The van der Waals surface area contributed by atoms with Crippen molar-refractivity contribution in [3.8, 4) is 17.2 Å². The number of fused-ring (bicyclic) bond motifs is 1. The van der Waals surface area contributed by atoms with E-state index in [1.165, 1.54) is 23.5 Å². The highest BCUT2D eigenvalue weighted by molar-refractivity contribution is 7.89. The maximum atomic E-state index is 13.0. The number of carbonyl (C=O) groups excluding carboxylic acids is 1. The Hall–Kier alpha value is -2.49. The maximum Gasteiger partial charge on any atom is 0.243 e. The number of hydrogen-bond acceptors (Lipinski definition) is 6. The largest absolute Gasteiger partial charge is 0.497 e. The maximum absolute atomic E-state index is 13.0. The van der Waals surface area contributed by atoms with Crippen molar-refractivity contribution >= 4 is 27.5 Å². The molecule has 0 aromatic heterocycles. The lowest BCUT2D eigenvalue weighted by atomic mass is 9.98. The van der Waals surface area contributed by atoms with E-state index in [2.05, 4.69) is 5.32 Å². The minimum absolute atomic E-state index is 0.145. The molecule has 8 nitrogen and oxygen atoms in total. The predicted molar refractivity (Wildman–Crippen MR) is 124 cm³/mol. The molecule has 1 N–H and O–H groups in total. The lowest BCUT2D eigenvalue weighted by Crippen LogP contribution is -2.45. The molecule has 2 aromatic carbocycles. The van der Waals surface area contributed by atoms with Gasteiger partial charge in [0.05, 0.1) is 22.9 Å². The zero-order valence-corrected chi connectivity index (χ0v) is 20.0. The zero-order valence-electron chi connectivity index (χ0n) is 18.4. The number of halogens is 1. The Morgan fingerprint density at radius 2 is 1.97 bits per heavy atom. The van der Waals surface area contributed by atoms with Gasteiger partial charge in [0.15, 0.2) is 11.5 Å². The van der Waals surface area contributed by atoms with Gasteiger partial charge in [-0.15, -0.1) is 0 Å². The van der Waals surface area contributed by atoms with Gasteiger partial charge in [-0.3, -0.25) is 4.79 Å². The van der Waals surface area contributed by atoms with E-state index in [0.717, 1.165) is 5.56 Å². The van der Waals surface area contributed by atoms with Crippen LogP contribution in [0.4, 0.5) is 0 Å². The topological polar surface area (TPSA) is 94.2 Å². The highest BCUT2D eigenvalue weighted by atomic mass is 35.5. The van der Waals surface area contributed by atoms with Crippen molar-refractivity contribution in [1.82, 2.24) is 9.62 Å². The number of nitrogens with zero attached hydrogens (tertiary/aromatic N) is 1. The number of piperidine rings is 1. The van der Waals surface area contributed by atoms with Crippen molar-refractivity contribution in [2.24, 2.45) is 5.92 Å². The second kappa shape index (κ2) is 10.2. The number of hydrogen-bond donors (Lipinski definition) is 1. The van der Waals surface area contributed by atoms with Gasteiger partial charge in [0.25, 0.3) is 0 Å². The molecule has 0 bridgehead atoms. The SMILES string of the molecule is COc1ccc(S(=O)(=O)N2CCC[C@@H](C(=O)NCCc3cc(Cl)c4c(c3)OCCO4)C2)cc1. The Labute approximate surface area is 198 Å².